The van der Waals surface area contributed by atoms with Gasteiger partial charge in [0.2, 0.25) is 17.6 Å². The molecule has 1 atom stereocenters. The first-order chi connectivity index (χ1) is 13.1. The van der Waals surface area contributed by atoms with E-state index in [1.807, 2.05) is 35.2 Å². The van der Waals surface area contributed by atoms with Crippen LogP contribution in [0.25, 0.3) is 11.4 Å². The number of hydrogen-bond donors (Lipinski definition) is 0. The van der Waals surface area contributed by atoms with Crippen LogP contribution in [-0.2, 0) is 11.3 Å². The van der Waals surface area contributed by atoms with Crippen molar-refractivity contribution in [2.75, 3.05) is 6.54 Å². The lowest BCUT2D eigenvalue weighted by Gasteiger charge is -2.16. The van der Waals surface area contributed by atoms with Gasteiger partial charge in [0.15, 0.2) is 0 Å². The van der Waals surface area contributed by atoms with E-state index in [9.17, 15) is 4.79 Å². The van der Waals surface area contributed by atoms with Crippen molar-refractivity contribution in [3.8, 4) is 11.4 Å². The smallest absolute Gasteiger partial charge is 0.232 e. The lowest BCUT2D eigenvalue weighted by Crippen LogP contribution is -2.24. The van der Waals surface area contributed by atoms with Gasteiger partial charge in [0.05, 0.1) is 5.92 Å². The second-order valence-corrected chi connectivity index (χ2v) is 7.39. The van der Waals surface area contributed by atoms with Crippen LogP contribution in [0.2, 0.25) is 0 Å². The molecular formula is C22H23N3O2. The van der Waals surface area contributed by atoms with E-state index in [-0.39, 0.29) is 11.8 Å². The molecule has 1 saturated heterocycles. The van der Waals surface area contributed by atoms with Gasteiger partial charge in [-0.1, -0.05) is 73.6 Å². The van der Waals surface area contributed by atoms with Gasteiger partial charge in [0.1, 0.15) is 0 Å². The fourth-order valence-corrected chi connectivity index (χ4v) is 3.42. The van der Waals surface area contributed by atoms with Gasteiger partial charge in [-0.3, -0.25) is 4.79 Å². The normalized spacial score (nSPS) is 17.1. The summed E-state index contributed by atoms with van der Waals surface area (Å²) >= 11 is 0. The second kappa shape index (κ2) is 7.35. The molecule has 1 aliphatic rings. The molecule has 0 bridgehead atoms. The summed E-state index contributed by atoms with van der Waals surface area (Å²) in [6.45, 7) is 5.59. The Morgan fingerprint density at radius 1 is 1.11 bits per heavy atom. The summed E-state index contributed by atoms with van der Waals surface area (Å²) in [5, 5.41) is 4.08. The average molecular weight is 361 g/mol. The minimum atomic E-state index is -0.0441. The van der Waals surface area contributed by atoms with Crippen LogP contribution in [0.3, 0.4) is 0 Å². The van der Waals surface area contributed by atoms with Crippen molar-refractivity contribution in [3.63, 3.8) is 0 Å². The predicted molar refractivity (Wildman–Crippen MR) is 103 cm³/mol. The molecule has 2 aromatic carbocycles. The van der Waals surface area contributed by atoms with E-state index >= 15 is 0 Å². The van der Waals surface area contributed by atoms with Gasteiger partial charge < -0.3 is 9.42 Å². The molecule has 1 fully saturated rings. The number of carbonyl (C=O) groups excluding carboxylic acids is 1. The molecule has 1 unspecified atom stereocenters. The standard InChI is InChI=1S/C22H23N3O2/c1-15(2)17-10-8-16(9-11-17)13-25-14-19(12-20(25)26)22-23-21(24-27-22)18-6-4-3-5-7-18/h3-11,15,19H,12-14H2,1-2H3. The van der Waals surface area contributed by atoms with Crippen LogP contribution in [0.1, 0.15) is 49.1 Å². The van der Waals surface area contributed by atoms with E-state index < -0.39 is 0 Å². The first-order valence-electron chi connectivity index (χ1n) is 9.36. The third-order valence-electron chi connectivity index (χ3n) is 5.06. The van der Waals surface area contributed by atoms with Crippen molar-refractivity contribution >= 4 is 5.91 Å². The third-order valence-corrected chi connectivity index (χ3v) is 5.06. The molecule has 27 heavy (non-hydrogen) atoms. The van der Waals surface area contributed by atoms with Crippen LogP contribution in [0.4, 0.5) is 0 Å². The zero-order chi connectivity index (χ0) is 18.8. The summed E-state index contributed by atoms with van der Waals surface area (Å²) < 4.78 is 5.45. The highest BCUT2D eigenvalue weighted by atomic mass is 16.5. The molecular weight excluding hydrogens is 338 g/mol. The van der Waals surface area contributed by atoms with E-state index in [4.69, 9.17) is 4.52 Å². The summed E-state index contributed by atoms with van der Waals surface area (Å²) in [5.74, 6) is 1.71. The van der Waals surface area contributed by atoms with Crippen LogP contribution in [0, 0.1) is 0 Å². The first-order valence-corrected chi connectivity index (χ1v) is 9.36. The van der Waals surface area contributed by atoms with E-state index in [0.29, 0.717) is 37.1 Å². The Kier molecular flexibility index (Phi) is 4.75. The van der Waals surface area contributed by atoms with Gasteiger partial charge in [-0.25, -0.2) is 0 Å². The fourth-order valence-electron chi connectivity index (χ4n) is 3.42. The molecule has 3 aromatic rings. The molecule has 1 aliphatic heterocycles. The molecule has 0 spiro atoms. The Hall–Kier alpha value is -2.95. The number of aromatic nitrogens is 2. The highest BCUT2D eigenvalue weighted by molar-refractivity contribution is 5.79. The highest BCUT2D eigenvalue weighted by Crippen LogP contribution is 2.29. The molecule has 0 N–H and O–H groups in total. The van der Waals surface area contributed by atoms with E-state index in [1.54, 1.807) is 0 Å². The van der Waals surface area contributed by atoms with Crippen molar-refractivity contribution in [3.05, 3.63) is 71.6 Å². The van der Waals surface area contributed by atoms with Crippen LogP contribution in [0.15, 0.2) is 59.1 Å². The van der Waals surface area contributed by atoms with E-state index in [1.165, 1.54) is 5.56 Å². The minimum absolute atomic E-state index is 0.0441. The molecule has 0 saturated carbocycles. The molecule has 5 heteroatoms. The molecule has 2 heterocycles. The minimum Gasteiger partial charge on any atom is -0.339 e. The first kappa shape index (κ1) is 17.5. The maximum atomic E-state index is 12.5. The fraction of sp³-hybridized carbons (Fsp3) is 0.318. The lowest BCUT2D eigenvalue weighted by atomic mass is 10.0. The van der Waals surface area contributed by atoms with Crippen molar-refractivity contribution in [2.45, 2.75) is 38.6 Å². The Labute approximate surface area is 159 Å². The summed E-state index contributed by atoms with van der Waals surface area (Å²) in [4.78, 5) is 18.8. The van der Waals surface area contributed by atoms with Gasteiger partial charge >= 0.3 is 0 Å². The van der Waals surface area contributed by atoms with Crippen molar-refractivity contribution in [2.24, 2.45) is 0 Å². The zero-order valence-electron chi connectivity index (χ0n) is 15.6. The number of carbonyl (C=O) groups is 1. The Morgan fingerprint density at radius 3 is 2.56 bits per heavy atom. The van der Waals surface area contributed by atoms with Gasteiger partial charge in [-0.2, -0.15) is 4.98 Å². The number of benzene rings is 2. The number of hydrogen-bond acceptors (Lipinski definition) is 4. The molecule has 1 aromatic heterocycles. The van der Waals surface area contributed by atoms with Crippen LogP contribution in [-0.4, -0.2) is 27.5 Å². The molecule has 0 radical (unpaired) electrons. The van der Waals surface area contributed by atoms with Crippen molar-refractivity contribution in [1.82, 2.24) is 15.0 Å². The SMILES string of the molecule is CC(C)c1ccc(CN2CC(c3nc(-c4ccccc4)no3)CC2=O)cc1. The molecule has 0 aliphatic carbocycles. The second-order valence-electron chi connectivity index (χ2n) is 7.39. The Balaban J connectivity index is 1.44. The quantitative estimate of drug-likeness (QED) is 0.677. The summed E-state index contributed by atoms with van der Waals surface area (Å²) in [6, 6.07) is 18.2. The largest absolute Gasteiger partial charge is 0.339 e. The summed E-state index contributed by atoms with van der Waals surface area (Å²) in [5.41, 5.74) is 3.37. The van der Waals surface area contributed by atoms with Crippen LogP contribution in [0.5, 0.6) is 0 Å². The number of likely N-dealkylation sites (tertiary alicyclic amines) is 1. The number of nitrogens with zero attached hydrogens (tertiary/aromatic N) is 3. The van der Waals surface area contributed by atoms with Gasteiger partial charge in [-0.15, -0.1) is 0 Å². The van der Waals surface area contributed by atoms with Crippen molar-refractivity contribution < 1.29 is 9.32 Å². The van der Waals surface area contributed by atoms with Crippen LogP contribution < -0.4 is 0 Å². The monoisotopic (exact) mass is 361 g/mol. The van der Waals surface area contributed by atoms with E-state index in [2.05, 4.69) is 48.3 Å². The summed E-state index contributed by atoms with van der Waals surface area (Å²) in [6.07, 6.45) is 0.417. The topological polar surface area (TPSA) is 59.2 Å². The number of amides is 1. The van der Waals surface area contributed by atoms with Gasteiger partial charge in [0, 0.05) is 25.1 Å². The zero-order valence-corrected chi connectivity index (χ0v) is 15.6. The highest BCUT2D eigenvalue weighted by Gasteiger charge is 2.34. The van der Waals surface area contributed by atoms with Gasteiger partial charge in [-0.05, 0) is 17.0 Å². The van der Waals surface area contributed by atoms with Gasteiger partial charge in [0.25, 0.3) is 0 Å². The van der Waals surface area contributed by atoms with Crippen molar-refractivity contribution in [1.29, 1.82) is 0 Å². The molecule has 138 valence electrons. The Bertz CT molecular complexity index is 916. The maximum Gasteiger partial charge on any atom is 0.232 e. The predicted octanol–water partition coefficient (Wildman–Crippen LogP) is 4.38. The average Bonchev–Trinajstić information content (AvgIpc) is 3.30. The van der Waals surface area contributed by atoms with E-state index in [0.717, 1.165) is 11.1 Å². The molecule has 1 amide bonds. The maximum absolute atomic E-state index is 12.5. The Morgan fingerprint density at radius 2 is 1.85 bits per heavy atom. The molecule has 5 nitrogen and oxygen atoms in total. The third kappa shape index (κ3) is 3.77. The lowest BCUT2D eigenvalue weighted by molar-refractivity contribution is -0.128. The molecule has 4 rings (SSSR count). The number of rotatable bonds is 5. The van der Waals surface area contributed by atoms with Crippen LogP contribution >= 0.6 is 0 Å². The summed E-state index contributed by atoms with van der Waals surface area (Å²) in [7, 11) is 0.